The molecule has 0 fully saturated rings. The van der Waals surface area contributed by atoms with E-state index in [1.54, 1.807) is 0 Å². The van der Waals surface area contributed by atoms with Gasteiger partial charge < -0.3 is 65.8 Å². The molecule has 0 aliphatic carbocycles. The molecule has 67 heavy (non-hydrogen) atoms. The average molecular weight is 954 g/mol. The van der Waals surface area contributed by atoms with Gasteiger partial charge in [0.25, 0.3) is 0 Å². The summed E-state index contributed by atoms with van der Waals surface area (Å²) in [6, 6.07) is 0. The van der Waals surface area contributed by atoms with Crippen molar-refractivity contribution in [3.8, 4) is 0 Å². The third-order valence-corrected chi connectivity index (χ3v) is 13.0. The third-order valence-electron chi connectivity index (χ3n) is 13.0. The number of amides is 5. The zero-order valence-electron chi connectivity index (χ0n) is 44.7. The smallest absolute Gasteiger partial charge is 0.221 e. The Morgan fingerprint density at radius 2 is 0.373 bits per heavy atom. The van der Waals surface area contributed by atoms with Gasteiger partial charge in [0.1, 0.15) is 0 Å². The van der Waals surface area contributed by atoms with Crippen LogP contribution in [0.1, 0.15) is 101 Å². The van der Waals surface area contributed by atoms with E-state index in [4.69, 9.17) is 0 Å². The first-order valence-corrected chi connectivity index (χ1v) is 26.5. The quantitative estimate of drug-likeness (QED) is 0.0590. The lowest BCUT2D eigenvalue weighted by atomic mass is 10.2. The number of nitrogens with zero attached hydrogens (tertiary/aromatic N) is 8. The third kappa shape index (κ3) is 34.9. The summed E-state index contributed by atoms with van der Waals surface area (Å²) in [5.74, 6) is -0.0445. The molecule has 0 aliphatic rings. The first-order chi connectivity index (χ1) is 32.3. The SMILES string of the molecule is CCN(CC)CCNC(=O)CCN(CCC(=O)NCCN(CC)CC)CCN(CCC(=O)NCCN(CC)CC)CCN(CCC(=O)NCCN(CC)CC)CCC(=O)NCCN(CC)CC. The summed E-state index contributed by atoms with van der Waals surface area (Å²) in [6.45, 7) is 42.4. The molecule has 18 nitrogen and oxygen atoms in total. The predicted molar refractivity (Wildman–Crippen MR) is 276 cm³/mol. The summed E-state index contributed by atoms with van der Waals surface area (Å²) >= 11 is 0. The highest BCUT2D eigenvalue weighted by Crippen LogP contribution is 2.03. The van der Waals surface area contributed by atoms with E-state index in [9.17, 15) is 24.0 Å². The molecular formula is C49H103N13O5. The van der Waals surface area contributed by atoms with Gasteiger partial charge in [0.2, 0.25) is 29.5 Å². The van der Waals surface area contributed by atoms with E-state index in [0.717, 1.165) is 98.2 Å². The fourth-order valence-corrected chi connectivity index (χ4v) is 7.78. The number of likely N-dealkylation sites (N-methyl/N-ethyl adjacent to an activating group) is 5. The molecule has 0 saturated carbocycles. The zero-order chi connectivity index (χ0) is 50.1. The topological polar surface area (TPSA) is 171 Å². The van der Waals surface area contributed by atoms with Gasteiger partial charge in [-0.15, -0.1) is 0 Å². The van der Waals surface area contributed by atoms with E-state index in [2.05, 4.69) is 135 Å². The van der Waals surface area contributed by atoms with Crippen LogP contribution in [-0.4, -0.2) is 259 Å². The maximum Gasteiger partial charge on any atom is 0.221 e. The molecule has 0 aromatic carbocycles. The van der Waals surface area contributed by atoms with Crippen molar-refractivity contribution in [3.05, 3.63) is 0 Å². The minimum Gasteiger partial charge on any atom is -0.355 e. The second kappa shape index (κ2) is 43.1. The van der Waals surface area contributed by atoms with Crippen LogP contribution < -0.4 is 26.6 Å². The summed E-state index contributed by atoms with van der Waals surface area (Å²) in [5, 5.41) is 15.4. The zero-order valence-corrected chi connectivity index (χ0v) is 44.7. The lowest BCUT2D eigenvalue weighted by Gasteiger charge is -2.30. The Kier molecular flexibility index (Phi) is 41.2. The first kappa shape index (κ1) is 64.0. The summed E-state index contributed by atoms with van der Waals surface area (Å²) in [5.41, 5.74) is 0. The molecular weight excluding hydrogens is 851 g/mol. The lowest BCUT2D eigenvalue weighted by molar-refractivity contribution is -0.123. The van der Waals surface area contributed by atoms with Gasteiger partial charge in [-0.3, -0.25) is 24.0 Å². The molecule has 0 spiro atoms. The summed E-state index contributed by atoms with van der Waals surface area (Å²) < 4.78 is 0. The van der Waals surface area contributed by atoms with Crippen LogP contribution in [0.2, 0.25) is 0 Å². The molecule has 5 amide bonds. The van der Waals surface area contributed by atoms with Crippen LogP contribution in [0.15, 0.2) is 0 Å². The van der Waals surface area contributed by atoms with E-state index < -0.39 is 0 Å². The van der Waals surface area contributed by atoms with Crippen LogP contribution >= 0.6 is 0 Å². The van der Waals surface area contributed by atoms with E-state index in [-0.39, 0.29) is 29.5 Å². The second-order valence-corrected chi connectivity index (χ2v) is 17.2. The van der Waals surface area contributed by atoms with Crippen molar-refractivity contribution < 1.29 is 24.0 Å². The van der Waals surface area contributed by atoms with Gasteiger partial charge in [0.05, 0.1) is 0 Å². The summed E-state index contributed by atoms with van der Waals surface area (Å²) in [4.78, 5) is 83.4. The number of carbonyl (C=O) groups excluding carboxylic acids is 5. The fraction of sp³-hybridized carbons (Fsp3) is 0.898. The van der Waals surface area contributed by atoms with Crippen molar-refractivity contribution in [3.63, 3.8) is 0 Å². The number of nitrogens with one attached hydrogen (secondary N) is 5. The molecule has 0 atom stereocenters. The highest BCUT2D eigenvalue weighted by molar-refractivity contribution is 5.77. The number of hydrogen-bond donors (Lipinski definition) is 5. The largest absolute Gasteiger partial charge is 0.355 e. The maximum absolute atomic E-state index is 13.2. The van der Waals surface area contributed by atoms with Crippen molar-refractivity contribution in [2.75, 3.05) is 190 Å². The molecule has 0 aromatic rings. The molecule has 0 bridgehead atoms. The van der Waals surface area contributed by atoms with Crippen molar-refractivity contribution in [2.45, 2.75) is 101 Å². The Labute approximate surface area is 409 Å². The van der Waals surface area contributed by atoms with Crippen LogP contribution in [0.5, 0.6) is 0 Å². The Balaban J connectivity index is 6.14. The van der Waals surface area contributed by atoms with Crippen LogP contribution in [0.3, 0.4) is 0 Å². The monoisotopic (exact) mass is 954 g/mol. The molecule has 0 rings (SSSR count). The normalized spacial score (nSPS) is 11.9. The summed E-state index contributed by atoms with van der Waals surface area (Å²) in [7, 11) is 0. The molecule has 0 radical (unpaired) electrons. The Morgan fingerprint density at radius 3 is 0.522 bits per heavy atom. The number of carbonyl (C=O) groups is 5. The van der Waals surface area contributed by atoms with Gasteiger partial charge in [-0.1, -0.05) is 69.2 Å². The summed E-state index contributed by atoms with van der Waals surface area (Å²) in [6.07, 6.45) is 1.60. The minimum atomic E-state index is -0.0103. The molecule has 394 valence electrons. The standard InChI is InChI=1S/C49H103N13O5/c1-11-55(12-2)36-26-50-45(63)21-31-60(32-22-46(64)51-27-37-56(13-3)14-4)41-43-62(35-25-49(67)54-30-40-59(19-9)20-10)44-42-61(33-23-47(65)52-28-38-57(15-5)16-6)34-24-48(66)53-29-39-58(17-7)18-8/h11-44H2,1-10H3,(H,50,63)(H,51,64)(H,52,65)(H,53,66)(H,54,67). The van der Waals surface area contributed by atoms with E-state index >= 15 is 0 Å². The highest BCUT2D eigenvalue weighted by Gasteiger charge is 2.18. The van der Waals surface area contributed by atoms with Crippen molar-refractivity contribution in [1.29, 1.82) is 0 Å². The van der Waals surface area contributed by atoms with Gasteiger partial charge in [0, 0.05) is 156 Å². The van der Waals surface area contributed by atoms with Crippen molar-refractivity contribution in [1.82, 2.24) is 65.8 Å². The first-order valence-electron chi connectivity index (χ1n) is 26.5. The minimum absolute atomic E-state index is 0.00333. The second-order valence-electron chi connectivity index (χ2n) is 17.2. The lowest BCUT2D eigenvalue weighted by Crippen LogP contribution is -2.44. The maximum atomic E-state index is 13.2. The van der Waals surface area contributed by atoms with Crippen molar-refractivity contribution in [2.24, 2.45) is 0 Å². The van der Waals surface area contributed by atoms with E-state index in [0.29, 0.717) is 124 Å². The van der Waals surface area contributed by atoms with Crippen LogP contribution in [0, 0.1) is 0 Å². The van der Waals surface area contributed by atoms with E-state index in [1.165, 1.54) is 0 Å². The Morgan fingerprint density at radius 1 is 0.224 bits per heavy atom. The molecule has 0 saturated heterocycles. The Bertz CT molecular complexity index is 1100. The van der Waals surface area contributed by atoms with Crippen LogP contribution in [-0.2, 0) is 24.0 Å². The fourth-order valence-electron chi connectivity index (χ4n) is 7.78. The molecule has 0 unspecified atom stereocenters. The Hall–Kier alpha value is -2.97. The van der Waals surface area contributed by atoms with E-state index in [1.807, 2.05) is 0 Å². The molecule has 0 heterocycles. The number of hydrogen-bond acceptors (Lipinski definition) is 13. The molecule has 5 N–H and O–H groups in total. The highest BCUT2D eigenvalue weighted by atomic mass is 16.2. The van der Waals surface area contributed by atoms with Gasteiger partial charge in [-0.25, -0.2) is 0 Å². The average Bonchev–Trinajstić information content (AvgIpc) is 3.33. The molecule has 18 heteroatoms. The van der Waals surface area contributed by atoms with Gasteiger partial charge >= 0.3 is 0 Å². The van der Waals surface area contributed by atoms with Crippen LogP contribution in [0.25, 0.3) is 0 Å². The van der Waals surface area contributed by atoms with Gasteiger partial charge in [-0.2, -0.15) is 0 Å². The molecule has 0 aromatic heterocycles. The van der Waals surface area contributed by atoms with Gasteiger partial charge in [0.15, 0.2) is 0 Å². The van der Waals surface area contributed by atoms with Crippen molar-refractivity contribution >= 4 is 29.5 Å². The number of rotatable bonds is 46. The van der Waals surface area contributed by atoms with Crippen LogP contribution in [0.4, 0.5) is 0 Å². The predicted octanol–water partition coefficient (Wildman–Crippen LogP) is 1.13. The van der Waals surface area contributed by atoms with Gasteiger partial charge in [-0.05, 0) is 65.4 Å². The molecule has 0 aliphatic heterocycles.